The summed E-state index contributed by atoms with van der Waals surface area (Å²) in [6.45, 7) is 10.00. The highest BCUT2D eigenvalue weighted by atomic mass is 32.2. The molecule has 0 spiro atoms. The standard InChI is InChI=1S/C14H23NS/c1-5-12(3)15-10-13(4)16-14-9-7-6-8-11(14)2/h6-9,12-13,15H,5,10H2,1-4H3. The van der Waals surface area contributed by atoms with E-state index in [2.05, 4.69) is 57.3 Å². The Bertz CT molecular complexity index is 311. The second kappa shape index (κ2) is 6.97. The second-order valence-corrected chi connectivity index (χ2v) is 5.89. The van der Waals surface area contributed by atoms with Crippen molar-refractivity contribution in [3.63, 3.8) is 0 Å². The van der Waals surface area contributed by atoms with Crippen molar-refractivity contribution >= 4 is 11.8 Å². The zero-order chi connectivity index (χ0) is 12.0. The van der Waals surface area contributed by atoms with Crippen molar-refractivity contribution in [3.8, 4) is 0 Å². The molecule has 2 atom stereocenters. The van der Waals surface area contributed by atoms with Gasteiger partial charge in [0, 0.05) is 22.7 Å². The molecule has 1 aromatic rings. The van der Waals surface area contributed by atoms with Crippen LogP contribution in [-0.2, 0) is 0 Å². The first-order valence-electron chi connectivity index (χ1n) is 6.09. The molecule has 0 bridgehead atoms. The quantitative estimate of drug-likeness (QED) is 0.754. The molecular weight excluding hydrogens is 214 g/mol. The number of hydrogen-bond acceptors (Lipinski definition) is 2. The molecule has 0 saturated carbocycles. The first-order valence-corrected chi connectivity index (χ1v) is 6.97. The summed E-state index contributed by atoms with van der Waals surface area (Å²) in [6, 6.07) is 9.22. The van der Waals surface area contributed by atoms with E-state index >= 15 is 0 Å². The molecule has 1 aromatic carbocycles. The van der Waals surface area contributed by atoms with Gasteiger partial charge >= 0.3 is 0 Å². The molecule has 0 radical (unpaired) electrons. The topological polar surface area (TPSA) is 12.0 Å². The minimum absolute atomic E-state index is 0.620. The Morgan fingerprint density at radius 3 is 2.56 bits per heavy atom. The molecule has 1 nitrogen and oxygen atoms in total. The Labute approximate surface area is 104 Å². The average Bonchev–Trinajstić information content (AvgIpc) is 2.29. The van der Waals surface area contributed by atoms with Crippen molar-refractivity contribution in [1.29, 1.82) is 0 Å². The largest absolute Gasteiger partial charge is 0.313 e. The van der Waals surface area contributed by atoms with Gasteiger partial charge in [-0.25, -0.2) is 0 Å². The maximum Gasteiger partial charge on any atom is 0.0191 e. The van der Waals surface area contributed by atoms with Crippen LogP contribution < -0.4 is 5.32 Å². The van der Waals surface area contributed by atoms with E-state index in [0.717, 1.165) is 6.54 Å². The molecule has 90 valence electrons. The van der Waals surface area contributed by atoms with Gasteiger partial charge in [0.1, 0.15) is 0 Å². The summed E-state index contributed by atoms with van der Waals surface area (Å²) in [5.41, 5.74) is 1.38. The SMILES string of the molecule is CCC(C)NCC(C)Sc1ccccc1C. The molecule has 0 fully saturated rings. The van der Waals surface area contributed by atoms with E-state index in [1.165, 1.54) is 16.9 Å². The van der Waals surface area contributed by atoms with Crippen LogP contribution in [0.3, 0.4) is 0 Å². The number of aryl methyl sites for hydroxylation is 1. The lowest BCUT2D eigenvalue weighted by atomic mass is 10.2. The van der Waals surface area contributed by atoms with Crippen molar-refractivity contribution in [2.45, 2.75) is 50.3 Å². The third-order valence-electron chi connectivity index (χ3n) is 2.79. The van der Waals surface area contributed by atoms with Crippen molar-refractivity contribution in [3.05, 3.63) is 29.8 Å². The lowest BCUT2D eigenvalue weighted by Crippen LogP contribution is -2.30. The van der Waals surface area contributed by atoms with Gasteiger partial charge in [-0.3, -0.25) is 0 Å². The summed E-state index contributed by atoms with van der Waals surface area (Å²) in [5, 5.41) is 4.17. The Balaban J connectivity index is 2.40. The maximum absolute atomic E-state index is 3.55. The minimum atomic E-state index is 0.620. The van der Waals surface area contributed by atoms with Crippen molar-refractivity contribution in [2.24, 2.45) is 0 Å². The average molecular weight is 237 g/mol. The number of hydrogen-bond donors (Lipinski definition) is 1. The third-order valence-corrected chi connectivity index (χ3v) is 4.07. The minimum Gasteiger partial charge on any atom is -0.313 e. The van der Waals surface area contributed by atoms with E-state index in [1.54, 1.807) is 0 Å². The molecule has 0 aliphatic carbocycles. The maximum atomic E-state index is 3.55. The molecule has 1 rings (SSSR count). The van der Waals surface area contributed by atoms with Gasteiger partial charge in [-0.15, -0.1) is 11.8 Å². The van der Waals surface area contributed by atoms with Crippen LogP contribution in [-0.4, -0.2) is 17.8 Å². The summed E-state index contributed by atoms with van der Waals surface area (Å²) in [5.74, 6) is 0. The summed E-state index contributed by atoms with van der Waals surface area (Å²) in [4.78, 5) is 1.40. The highest BCUT2D eigenvalue weighted by Gasteiger charge is 2.07. The highest BCUT2D eigenvalue weighted by Crippen LogP contribution is 2.25. The Hall–Kier alpha value is -0.470. The fourth-order valence-electron chi connectivity index (χ4n) is 1.46. The first-order chi connectivity index (χ1) is 7.63. The van der Waals surface area contributed by atoms with Crippen LogP contribution in [0.5, 0.6) is 0 Å². The third kappa shape index (κ3) is 4.58. The van der Waals surface area contributed by atoms with Gasteiger partial charge < -0.3 is 5.32 Å². The smallest absolute Gasteiger partial charge is 0.0191 e. The van der Waals surface area contributed by atoms with E-state index in [9.17, 15) is 0 Å². The van der Waals surface area contributed by atoms with Crippen LogP contribution in [0.1, 0.15) is 32.8 Å². The van der Waals surface area contributed by atoms with Crippen molar-refractivity contribution in [2.75, 3.05) is 6.54 Å². The molecule has 0 aliphatic rings. The molecule has 0 aliphatic heterocycles. The van der Waals surface area contributed by atoms with Gasteiger partial charge in [-0.1, -0.05) is 32.0 Å². The fourth-order valence-corrected chi connectivity index (χ4v) is 2.48. The molecule has 0 saturated heterocycles. The molecule has 0 aromatic heterocycles. The summed E-state index contributed by atoms with van der Waals surface area (Å²) < 4.78 is 0. The van der Waals surface area contributed by atoms with Crippen molar-refractivity contribution in [1.82, 2.24) is 5.32 Å². The van der Waals surface area contributed by atoms with Crippen LogP contribution in [0, 0.1) is 6.92 Å². The van der Waals surface area contributed by atoms with E-state index in [0.29, 0.717) is 11.3 Å². The van der Waals surface area contributed by atoms with Crippen LogP contribution in [0.25, 0.3) is 0 Å². The van der Waals surface area contributed by atoms with Crippen LogP contribution in [0.4, 0.5) is 0 Å². The van der Waals surface area contributed by atoms with E-state index < -0.39 is 0 Å². The van der Waals surface area contributed by atoms with Gasteiger partial charge in [-0.2, -0.15) is 0 Å². The summed E-state index contributed by atoms with van der Waals surface area (Å²) in [7, 11) is 0. The highest BCUT2D eigenvalue weighted by molar-refractivity contribution is 8.00. The van der Waals surface area contributed by atoms with Crippen LogP contribution >= 0.6 is 11.8 Å². The monoisotopic (exact) mass is 237 g/mol. The van der Waals surface area contributed by atoms with Crippen LogP contribution in [0.2, 0.25) is 0 Å². The number of benzene rings is 1. The Morgan fingerprint density at radius 1 is 1.25 bits per heavy atom. The number of nitrogens with one attached hydrogen (secondary N) is 1. The van der Waals surface area contributed by atoms with E-state index in [1.807, 2.05) is 11.8 Å². The molecule has 1 N–H and O–H groups in total. The van der Waals surface area contributed by atoms with E-state index in [4.69, 9.17) is 0 Å². The molecule has 0 amide bonds. The molecule has 2 unspecified atom stereocenters. The molecule has 2 heteroatoms. The number of rotatable bonds is 6. The normalized spacial score (nSPS) is 14.8. The second-order valence-electron chi connectivity index (χ2n) is 4.41. The first kappa shape index (κ1) is 13.6. The molecular formula is C14H23NS. The van der Waals surface area contributed by atoms with Gasteiger partial charge in [0.15, 0.2) is 0 Å². The predicted octanol–water partition coefficient (Wildman–Crippen LogP) is 3.86. The fraction of sp³-hybridized carbons (Fsp3) is 0.571. The van der Waals surface area contributed by atoms with E-state index in [-0.39, 0.29) is 0 Å². The lowest BCUT2D eigenvalue weighted by Gasteiger charge is -2.17. The Kier molecular flexibility index (Phi) is 5.93. The molecule has 0 heterocycles. The van der Waals surface area contributed by atoms with Gasteiger partial charge in [-0.05, 0) is 31.9 Å². The summed E-state index contributed by atoms with van der Waals surface area (Å²) >= 11 is 1.96. The van der Waals surface area contributed by atoms with Gasteiger partial charge in [0.25, 0.3) is 0 Å². The van der Waals surface area contributed by atoms with Gasteiger partial charge in [0.05, 0.1) is 0 Å². The number of thioether (sulfide) groups is 1. The Morgan fingerprint density at radius 2 is 1.94 bits per heavy atom. The molecule has 16 heavy (non-hydrogen) atoms. The summed E-state index contributed by atoms with van der Waals surface area (Å²) in [6.07, 6.45) is 1.20. The lowest BCUT2D eigenvalue weighted by molar-refractivity contribution is 0.537. The van der Waals surface area contributed by atoms with Crippen LogP contribution in [0.15, 0.2) is 29.2 Å². The predicted molar refractivity (Wildman–Crippen MR) is 74.3 cm³/mol. The van der Waals surface area contributed by atoms with Crippen molar-refractivity contribution < 1.29 is 0 Å². The zero-order valence-corrected chi connectivity index (χ0v) is 11.6. The zero-order valence-electron chi connectivity index (χ0n) is 10.8. The van der Waals surface area contributed by atoms with Gasteiger partial charge in [0.2, 0.25) is 0 Å².